The third-order valence-corrected chi connectivity index (χ3v) is 2.20. The molecule has 0 aliphatic heterocycles. The van der Waals surface area contributed by atoms with E-state index in [-0.39, 0.29) is 11.4 Å². The van der Waals surface area contributed by atoms with Crippen LogP contribution in [0, 0.1) is 17.5 Å². The number of hydrogen-bond donors (Lipinski definition) is 1. The predicted octanol–water partition coefficient (Wildman–Crippen LogP) is 3.55. The lowest BCUT2D eigenvalue weighted by Crippen LogP contribution is -1.94. The maximum absolute atomic E-state index is 13.2. The van der Waals surface area contributed by atoms with Gasteiger partial charge in [-0.25, -0.2) is 13.2 Å². The Hall–Kier alpha value is -2.30. The topological polar surface area (TPSA) is 24.4 Å². The molecule has 0 fully saturated rings. The zero-order valence-electron chi connectivity index (χ0n) is 9.20. The number of anilines is 1. The van der Waals surface area contributed by atoms with Crippen LogP contribution >= 0.6 is 0 Å². The van der Waals surface area contributed by atoms with E-state index in [0.717, 1.165) is 12.1 Å². The summed E-state index contributed by atoms with van der Waals surface area (Å²) in [6.07, 6.45) is 1.22. The summed E-state index contributed by atoms with van der Waals surface area (Å²) >= 11 is 0. The molecule has 2 nitrogen and oxygen atoms in total. The van der Waals surface area contributed by atoms with E-state index in [2.05, 4.69) is 10.5 Å². The number of halogens is 3. The highest BCUT2D eigenvalue weighted by molar-refractivity contribution is 5.80. The number of nitrogens with zero attached hydrogens (tertiary/aromatic N) is 1. The predicted molar refractivity (Wildman–Crippen MR) is 64.0 cm³/mol. The van der Waals surface area contributed by atoms with Gasteiger partial charge in [0.05, 0.1) is 11.9 Å². The number of benzene rings is 2. The van der Waals surface area contributed by atoms with Crippen molar-refractivity contribution in [2.24, 2.45) is 5.10 Å². The van der Waals surface area contributed by atoms with E-state index in [1.54, 1.807) is 0 Å². The smallest absolute Gasteiger partial charge is 0.134 e. The van der Waals surface area contributed by atoms with Crippen LogP contribution in [-0.4, -0.2) is 6.21 Å². The number of hydrogen-bond acceptors (Lipinski definition) is 2. The standard InChI is InChI=1S/C13H9F3N2/c14-10-3-5-12(6-4-10)18-17-8-9-1-2-11(15)7-13(9)16/h1-8,18H/b17-8-. The summed E-state index contributed by atoms with van der Waals surface area (Å²) in [6.45, 7) is 0. The maximum atomic E-state index is 13.2. The zero-order valence-corrected chi connectivity index (χ0v) is 9.20. The molecule has 0 bridgehead atoms. The molecule has 1 N–H and O–H groups in total. The minimum Gasteiger partial charge on any atom is -0.278 e. The van der Waals surface area contributed by atoms with E-state index in [0.29, 0.717) is 5.69 Å². The molecule has 2 aromatic carbocycles. The van der Waals surface area contributed by atoms with Gasteiger partial charge in [0.2, 0.25) is 0 Å². The lowest BCUT2D eigenvalue weighted by Gasteiger charge is -2.00. The Labute approximate surface area is 102 Å². The Kier molecular flexibility index (Phi) is 3.62. The molecule has 0 atom stereocenters. The van der Waals surface area contributed by atoms with E-state index < -0.39 is 11.6 Å². The molecular formula is C13H9F3N2. The van der Waals surface area contributed by atoms with Crippen LogP contribution in [0.2, 0.25) is 0 Å². The first-order valence-electron chi connectivity index (χ1n) is 5.15. The minimum atomic E-state index is -0.695. The van der Waals surface area contributed by atoms with Crippen molar-refractivity contribution in [1.82, 2.24) is 0 Å². The van der Waals surface area contributed by atoms with Crippen molar-refractivity contribution in [3.63, 3.8) is 0 Å². The van der Waals surface area contributed by atoms with Crippen LogP contribution < -0.4 is 5.43 Å². The molecule has 0 saturated carbocycles. The quantitative estimate of drug-likeness (QED) is 0.653. The second kappa shape index (κ2) is 5.35. The molecular weight excluding hydrogens is 241 g/mol. The van der Waals surface area contributed by atoms with Crippen LogP contribution in [0.25, 0.3) is 0 Å². The van der Waals surface area contributed by atoms with Gasteiger partial charge in [-0.1, -0.05) is 0 Å². The fourth-order valence-corrected chi connectivity index (χ4v) is 1.31. The fraction of sp³-hybridized carbons (Fsp3) is 0. The number of nitrogens with one attached hydrogen (secondary N) is 1. The molecule has 2 rings (SSSR count). The van der Waals surface area contributed by atoms with Crippen LogP contribution in [0.1, 0.15) is 5.56 Å². The highest BCUT2D eigenvalue weighted by Crippen LogP contribution is 2.09. The summed E-state index contributed by atoms with van der Waals surface area (Å²) in [5.74, 6) is -1.69. The largest absolute Gasteiger partial charge is 0.278 e. The molecule has 0 saturated heterocycles. The van der Waals surface area contributed by atoms with E-state index in [4.69, 9.17) is 0 Å². The van der Waals surface area contributed by atoms with Crippen LogP contribution in [-0.2, 0) is 0 Å². The molecule has 0 unspecified atom stereocenters. The van der Waals surface area contributed by atoms with Crippen molar-refractivity contribution < 1.29 is 13.2 Å². The Bertz CT molecular complexity index is 565. The Morgan fingerprint density at radius 2 is 1.56 bits per heavy atom. The summed E-state index contributed by atoms with van der Waals surface area (Å²) < 4.78 is 38.5. The Balaban J connectivity index is 2.05. The average molecular weight is 250 g/mol. The summed E-state index contributed by atoms with van der Waals surface area (Å²) in [5, 5.41) is 3.77. The molecule has 18 heavy (non-hydrogen) atoms. The lowest BCUT2D eigenvalue weighted by molar-refractivity contribution is 0.582. The van der Waals surface area contributed by atoms with Crippen LogP contribution in [0.5, 0.6) is 0 Å². The molecule has 2 aromatic rings. The summed E-state index contributed by atoms with van der Waals surface area (Å²) in [7, 11) is 0. The fourth-order valence-electron chi connectivity index (χ4n) is 1.31. The second-order valence-electron chi connectivity index (χ2n) is 3.54. The highest BCUT2D eigenvalue weighted by Gasteiger charge is 2.00. The molecule has 0 heterocycles. The van der Waals surface area contributed by atoms with Crippen molar-refractivity contribution in [1.29, 1.82) is 0 Å². The van der Waals surface area contributed by atoms with Gasteiger partial charge in [0, 0.05) is 11.6 Å². The van der Waals surface area contributed by atoms with E-state index in [9.17, 15) is 13.2 Å². The summed E-state index contributed by atoms with van der Waals surface area (Å²) in [5.41, 5.74) is 3.33. The van der Waals surface area contributed by atoms with Crippen LogP contribution in [0.15, 0.2) is 47.6 Å². The lowest BCUT2D eigenvalue weighted by atomic mass is 10.2. The molecule has 0 radical (unpaired) electrons. The monoisotopic (exact) mass is 250 g/mol. The summed E-state index contributed by atoms with van der Waals surface area (Å²) in [6, 6.07) is 8.73. The van der Waals surface area contributed by atoms with Gasteiger partial charge in [-0.15, -0.1) is 0 Å². The van der Waals surface area contributed by atoms with Gasteiger partial charge in [-0.05, 0) is 36.4 Å². The van der Waals surface area contributed by atoms with E-state index in [1.165, 1.54) is 36.5 Å². The van der Waals surface area contributed by atoms with Crippen molar-refractivity contribution in [2.75, 3.05) is 5.43 Å². The van der Waals surface area contributed by atoms with Crippen molar-refractivity contribution in [3.05, 3.63) is 65.5 Å². The SMILES string of the molecule is Fc1ccc(N/N=C\c2ccc(F)cc2F)cc1. The molecule has 0 spiro atoms. The first-order valence-corrected chi connectivity index (χ1v) is 5.15. The van der Waals surface area contributed by atoms with Gasteiger partial charge >= 0.3 is 0 Å². The van der Waals surface area contributed by atoms with Crippen molar-refractivity contribution in [3.8, 4) is 0 Å². The van der Waals surface area contributed by atoms with Crippen LogP contribution in [0.3, 0.4) is 0 Å². The molecule has 0 aliphatic rings. The first kappa shape index (κ1) is 12.2. The normalized spacial score (nSPS) is 10.8. The number of hydrazone groups is 1. The first-order chi connectivity index (χ1) is 8.65. The van der Waals surface area contributed by atoms with Crippen molar-refractivity contribution in [2.45, 2.75) is 0 Å². The maximum Gasteiger partial charge on any atom is 0.134 e. The summed E-state index contributed by atoms with van der Waals surface area (Å²) in [4.78, 5) is 0. The molecule has 0 amide bonds. The van der Waals surface area contributed by atoms with Gasteiger partial charge < -0.3 is 0 Å². The molecule has 92 valence electrons. The van der Waals surface area contributed by atoms with Gasteiger partial charge in [-0.2, -0.15) is 5.10 Å². The minimum absolute atomic E-state index is 0.158. The number of rotatable bonds is 3. The average Bonchev–Trinajstić information content (AvgIpc) is 2.34. The molecule has 5 heteroatoms. The van der Waals surface area contributed by atoms with Crippen molar-refractivity contribution >= 4 is 11.9 Å². The third kappa shape index (κ3) is 3.10. The van der Waals surface area contributed by atoms with Gasteiger partial charge in [0.25, 0.3) is 0 Å². The Morgan fingerprint density at radius 3 is 2.22 bits per heavy atom. The third-order valence-electron chi connectivity index (χ3n) is 2.20. The van der Waals surface area contributed by atoms with Gasteiger partial charge in [-0.3, -0.25) is 5.43 Å². The van der Waals surface area contributed by atoms with E-state index >= 15 is 0 Å². The van der Waals surface area contributed by atoms with Gasteiger partial charge in [0.15, 0.2) is 0 Å². The molecule has 0 aromatic heterocycles. The van der Waals surface area contributed by atoms with E-state index in [1.807, 2.05) is 0 Å². The molecule has 0 aliphatic carbocycles. The Morgan fingerprint density at radius 1 is 0.889 bits per heavy atom. The van der Waals surface area contributed by atoms with Gasteiger partial charge in [0.1, 0.15) is 17.5 Å². The zero-order chi connectivity index (χ0) is 13.0. The second-order valence-corrected chi connectivity index (χ2v) is 3.54. The van der Waals surface area contributed by atoms with Crippen LogP contribution in [0.4, 0.5) is 18.9 Å². The highest BCUT2D eigenvalue weighted by atomic mass is 19.1.